The Kier molecular flexibility index (Phi) is 2.70. The van der Waals surface area contributed by atoms with Gasteiger partial charge in [-0.15, -0.1) is 0 Å². The number of nitrogens with zero attached hydrogens (tertiary/aromatic N) is 2. The zero-order valence-corrected chi connectivity index (χ0v) is 8.62. The molecule has 0 aliphatic rings. The summed E-state index contributed by atoms with van der Waals surface area (Å²) >= 11 is 6.02. The number of aromatic nitrogens is 2. The molecule has 0 radical (unpaired) electrons. The predicted molar refractivity (Wildman–Crippen MR) is 58.4 cm³/mol. The van der Waals surface area contributed by atoms with Crippen molar-refractivity contribution in [2.45, 2.75) is 6.42 Å². The molecule has 1 aromatic carbocycles. The van der Waals surface area contributed by atoms with Gasteiger partial charge in [-0.25, -0.2) is 4.98 Å². The van der Waals surface area contributed by atoms with E-state index in [9.17, 15) is 0 Å². The lowest BCUT2D eigenvalue weighted by Gasteiger charge is -1.98. The molecule has 0 unspecified atom stereocenters. The fourth-order valence-electron chi connectivity index (χ4n) is 1.32. The fraction of sp³-hybridized carbons (Fsp3) is 0.0909. The molecule has 1 aromatic heterocycles. The Hall–Kier alpha value is -1.79. The van der Waals surface area contributed by atoms with Crippen LogP contribution in [0, 0.1) is 11.3 Å². The van der Waals surface area contributed by atoms with E-state index in [0.29, 0.717) is 17.3 Å². The number of hydrogen-bond donors (Lipinski definition) is 1. The lowest BCUT2D eigenvalue weighted by Crippen LogP contribution is -1.83. The van der Waals surface area contributed by atoms with Gasteiger partial charge in [0, 0.05) is 17.5 Å². The summed E-state index contributed by atoms with van der Waals surface area (Å²) < 4.78 is 0. The number of aromatic amines is 1. The molecule has 4 heteroatoms. The number of imidazole rings is 1. The highest BCUT2D eigenvalue weighted by atomic mass is 35.5. The first kappa shape index (κ1) is 9.75. The summed E-state index contributed by atoms with van der Waals surface area (Å²) in [5.41, 5.74) is 1.65. The van der Waals surface area contributed by atoms with Crippen LogP contribution in [0.3, 0.4) is 0 Å². The van der Waals surface area contributed by atoms with Gasteiger partial charge in [-0.1, -0.05) is 23.7 Å². The topological polar surface area (TPSA) is 52.5 Å². The minimum absolute atomic E-state index is 0.331. The molecule has 1 heterocycles. The summed E-state index contributed by atoms with van der Waals surface area (Å²) in [6, 6.07) is 9.52. The van der Waals surface area contributed by atoms with Gasteiger partial charge in [0.1, 0.15) is 5.82 Å². The summed E-state index contributed by atoms with van der Waals surface area (Å²) in [5, 5.41) is 9.18. The average Bonchev–Trinajstić information content (AvgIpc) is 2.68. The van der Waals surface area contributed by atoms with Gasteiger partial charge in [-0.3, -0.25) is 0 Å². The maximum Gasteiger partial charge on any atom is 0.139 e. The third-order valence-corrected chi connectivity index (χ3v) is 2.36. The minimum atomic E-state index is 0.331. The molecule has 0 atom stereocenters. The van der Waals surface area contributed by atoms with Gasteiger partial charge in [-0.2, -0.15) is 5.26 Å². The van der Waals surface area contributed by atoms with Crippen molar-refractivity contribution in [1.29, 1.82) is 5.26 Å². The zero-order chi connectivity index (χ0) is 10.7. The van der Waals surface area contributed by atoms with Crippen molar-refractivity contribution in [3.05, 3.63) is 41.2 Å². The Morgan fingerprint density at radius 3 is 2.93 bits per heavy atom. The van der Waals surface area contributed by atoms with Crippen LogP contribution >= 0.6 is 11.6 Å². The second-order valence-electron chi connectivity index (χ2n) is 3.07. The number of halogens is 1. The SMILES string of the molecule is N#CCc1cnc(-c2ccccc2Cl)[nH]1. The standard InChI is InChI=1S/C11H8ClN3/c12-10-4-2-1-3-9(10)11-14-7-8(15-11)5-6-13/h1-4,7H,5H2,(H,14,15). The van der Waals surface area contributed by atoms with Gasteiger partial charge in [0.2, 0.25) is 0 Å². The molecule has 0 aliphatic carbocycles. The van der Waals surface area contributed by atoms with E-state index in [1.54, 1.807) is 6.20 Å². The molecule has 2 rings (SSSR count). The first-order valence-corrected chi connectivity index (χ1v) is 4.85. The van der Waals surface area contributed by atoms with Crippen molar-refractivity contribution in [2.75, 3.05) is 0 Å². The van der Waals surface area contributed by atoms with E-state index in [0.717, 1.165) is 11.3 Å². The molecule has 0 aliphatic heterocycles. The number of hydrogen-bond acceptors (Lipinski definition) is 2. The summed E-state index contributed by atoms with van der Waals surface area (Å²) in [4.78, 5) is 7.23. The highest BCUT2D eigenvalue weighted by Crippen LogP contribution is 2.24. The number of H-pyrrole nitrogens is 1. The van der Waals surface area contributed by atoms with Gasteiger partial charge in [0.15, 0.2) is 0 Å². The zero-order valence-electron chi connectivity index (χ0n) is 7.87. The molecule has 3 nitrogen and oxygen atoms in total. The Labute approximate surface area is 92.3 Å². The fourth-order valence-corrected chi connectivity index (χ4v) is 1.55. The first-order chi connectivity index (χ1) is 7.31. The van der Waals surface area contributed by atoms with Crippen LogP contribution < -0.4 is 0 Å². The number of nitrogens with one attached hydrogen (secondary N) is 1. The molecule has 0 bridgehead atoms. The molecule has 74 valence electrons. The molecular weight excluding hydrogens is 210 g/mol. The van der Waals surface area contributed by atoms with E-state index >= 15 is 0 Å². The minimum Gasteiger partial charge on any atom is -0.341 e. The van der Waals surface area contributed by atoms with Crippen molar-refractivity contribution in [3.63, 3.8) is 0 Å². The lowest BCUT2D eigenvalue weighted by atomic mass is 10.2. The van der Waals surface area contributed by atoms with Crippen LogP contribution in [0.4, 0.5) is 0 Å². The number of rotatable bonds is 2. The van der Waals surface area contributed by atoms with Crippen LogP contribution in [0.25, 0.3) is 11.4 Å². The Morgan fingerprint density at radius 2 is 2.20 bits per heavy atom. The third kappa shape index (κ3) is 2.00. The van der Waals surface area contributed by atoms with E-state index in [-0.39, 0.29) is 0 Å². The van der Waals surface area contributed by atoms with E-state index in [4.69, 9.17) is 16.9 Å². The van der Waals surface area contributed by atoms with Gasteiger partial charge < -0.3 is 4.98 Å². The average molecular weight is 218 g/mol. The summed E-state index contributed by atoms with van der Waals surface area (Å²) in [6.07, 6.45) is 1.99. The van der Waals surface area contributed by atoms with Crippen molar-refractivity contribution < 1.29 is 0 Å². The molecule has 0 spiro atoms. The molecular formula is C11H8ClN3. The van der Waals surface area contributed by atoms with Crippen molar-refractivity contribution in [1.82, 2.24) is 9.97 Å². The van der Waals surface area contributed by atoms with Gasteiger partial charge in [0.25, 0.3) is 0 Å². The predicted octanol–water partition coefficient (Wildman–Crippen LogP) is 2.80. The number of benzene rings is 1. The van der Waals surface area contributed by atoms with E-state index in [1.807, 2.05) is 24.3 Å². The monoisotopic (exact) mass is 217 g/mol. The Bertz CT molecular complexity index is 511. The third-order valence-electron chi connectivity index (χ3n) is 2.03. The smallest absolute Gasteiger partial charge is 0.139 e. The maximum absolute atomic E-state index is 8.53. The molecule has 0 saturated carbocycles. The van der Waals surface area contributed by atoms with Crippen LogP contribution in [-0.4, -0.2) is 9.97 Å². The van der Waals surface area contributed by atoms with Crippen molar-refractivity contribution in [3.8, 4) is 17.5 Å². The molecule has 0 saturated heterocycles. The van der Waals surface area contributed by atoms with E-state index in [1.165, 1.54) is 0 Å². The van der Waals surface area contributed by atoms with Crippen LogP contribution in [0.5, 0.6) is 0 Å². The van der Waals surface area contributed by atoms with Crippen LogP contribution in [0.1, 0.15) is 5.69 Å². The molecule has 15 heavy (non-hydrogen) atoms. The van der Waals surface area contributed by atoms with Gasteiger partial charge in [0.05, 0.1) is 17.5 Å². The molecule has 2 aromatic rings. The van der Waals surface area contributed by atoms with Crippen molar-refractivity contribution in [2.24, 2.45) is 0 Å². The summed E-state index contributed by atoms with van der Waals surface area (Å²) in [7, 11) is 0. The van der Waals surface area contributed by atoms with Crippen molar-refractivity contribution >= 4 is 11.6 Å². The van der Waals surface area contributed by atoms with E-state index < -0.39 is 0 Å². The second-order valence-corrected chi connectivity index (χ2v) is 3.48. The normalized spacial score (nSPS) is 9.87. The number of nitriles is 1. The highest BCUT2D eigenvalue weighted by molar-refractivity contribution is 6.33. The first-order valence-electron chi connectivity index (χ1n) is 4.47. The lowest BCUT2D eigenvalue weighted by molar-refractivity contribution is 1.16. The summed E-state index contributed by atoms with van der Waals surface area (Å²) in [6.45, 7) is 0. The Morgan fingerprint density at radius 1 is 1.40 bits per heavy atom. The molecule has 1 N–H and O–H groups in total. The molecule has 0 amide bonds. The highest BCUT2D eigenvalue weighted by Gasteiger charge is 2.06. The van der Waals surface area contributed by atoms with Crippen LogP contribution in [-0.2, 0) is 6.42 Å². The maximum atomic E-state index is 8.53. The van der Waals surface area contributed by atoms with Crippen LogP contribution in [0.15, 0.2) is 30.5 Å². The van der Waals surface area contributed by atoms with Gasteiger partial charge in [-0.05, 0) is 12.1 Å². The summed E-state index contributed by atoms with van der Waals surface area (Å²) in [5.74, 6) is 0.700. The van der Waals surface area contributed by atoms with E-state index in [2.05, 4.69) is 16.0 Å². The largest absolute Gasteiger partial charge is 0.341 e. The Balaban J connectivity index is 2.38. The van der Waals surface area contributed by atoms with Crippen LogP contribution in [0.2, 0.25) is 5.02 Å². The molecule has 0 fully saturated rings. The quantitative estimate of drug-likeness (QED) is 0.841. The van der Waals surface area contributed by atoms with Gasteiger partial charge >= 0.3 is 0 Å². The second kappa shape index (κ2) is 4.16.